The third-order valence-electron chi connectivity index (χ3n) is 3.95. The maximum Gasteiger partial charge on any atom is 0.327 e. The number of aromatic nitrogens is 2. The number of hydrogen-bond donors (Lipinski definition) is 1. The van der Waals surface area contributed by atoms with Crippen molar-refractivity contribution in [2.24, 2.45) is 0 Å². The van der Waals surface area contributed by atoms with Crippen molar-refractivity contribution in [1.29, 1.82) is 0 Å². The Bertz CT molecular complexity index is 741. The molecule has 1 atom stereocenters. The average Bonchev–Trinajstić information content (AvgIpc) is 3.01. The van der Waals surface area contributed by atoms with Crippen molar-refractivity contribution < 1.29 is 19.1 Å². The maximum absolute atomic E-state index is 12.3. The van der Waals surface area contributed by atoms with Crippen LogP contribution in [0.4, 0.5) is 5.69 Å². The highest BCUT2D eigenvalue weighted by molar-refractivity contribution is 5.91. The number of esters is 1. The van der Waals surface area contributed by atoms with Crippen LogP contribution in [0.15, 0.2) is 36.7 Å². The van der Waals surface area contributed by atoms with Crippen LogP contribution in [-0.2, 0) is 20.9 Å². The molecular weight excluding hydrogens is 310 g/mol. The highest BCUT2D eigenvalue weighted by Gasteiger charge is 2.23. The SMILES string of the molecule is COC(=O)Cn1cc(NC(=O)C[C@H]2CCOc3ccccc32)cn1. The van der Waals surface area contributed by atoms with Crippen molar-refractivity contribution in [3.05, 3.63) is 42.2 Å². The second kappa shape index (κ2) is 7.16. The van der Waals surface area contributed by atoms with Crippen LogP contribution < -0.4 is 10.1 Å². The molecule has 24 heavy (non-hydrogen) atoms. The van der Waals surface area contributed by atoms with Crippen LogP contribution in [0.2, 0.25) is 0 Å². The van der Waals surface area contributed by atoms with Gasteiger partial charge in [-0.1, -0.05) is 18.2 Å². The molecule has 3 rings (SSSR count). The summed E-state index contributed by atoms with van der Waals surface area (Å²) < 4.78 is 11.6. The van der Waals surface area contributed by atoms with Crippen LogP contribution in [0, 0.1) is 0 Å². The first-order chi connectivity index (χ1) is 11.7. The summed E-state index contributed by atoms with van der Waals surface area (Å²) in [7, 11) is 1.32. The van der Waals surface area contributed by atoms with Crippen LogP contribution >= 0.6 is 0 Å². The number of ether oxygens (including phenoxy) is 2. The number of nitrogens with zero attached hydrogens (tertiary/aromatic N) is 2. The molecule has 2 heterocycles. The molecule has 1 N–H and O–H groups in total. The van der Waals surface area contributed by atoms with E-state index in [4.69, 9.17) is 4.74 Å². The van der Waals surface area contributed by atoms with Gasteiger partial charge in [0.1, 0.15) is 12.3 Å². The van der Waals surface area contributed by atoms with Gasteiger partial charge in [0, 0.05) is 12.6 Å². The van der Waals surface area contributed by atoms with Gasteiger partial charge in [0.05, 0.1) is 25.6 Å². The predicted molar refractivity (Wildman–Crippen MR) is 86.8 cm³/mol. The summed E-state index contributed by atoms with van der Waals surface area (Å²) >= 11 is 0. The normalized spacial score (nSPS) is 16.0. The Labute approximate surface area is 139 Å². The lowest BCUT2D eigenvalue weighted by Crippen LogP contribution is -2.20. The Kier molecular flexibility index (Phi) is 4.79. The number of carbonyl (C=O) groups excluding carboxylic acids is 2. The molecule has 126 valence electrons. The number of benzene rings is 1. The van der Waals surface area contributed by atoms with E-state index in [1.807, 2.05) is 24.3 Å². The minimum Gasteiger partial charge on any atom is -0.493 e. The molecule has 0 spiro atoms. The quantitative estimate of drug-likeness (QED) is 0.848. The van der Waals surface area contributed by atoms with Gasteiger partial charge in [-0.2, -0.15) is 5.10 Å². The molecule has 0 saturated heterocycles. The van der Waals surface area contributed by atoms with Crippen molar-refractivity contribution in [3.8, 4) is 5.75 Å². The van der Waals surface area contributed by atoms with Gasteiger partial charge in [-0.15, -0.1) is 0 Å². The zero-order valence-electron chi connectivity index (χ0n) is 13.4. The van der Waals surface area contributed by atoms with Gasteiger partial charge in [-0.05, 0) is 24.0 Å². The van der Waals surface area contributed by atoms with Gasteiger partial charge in [-0.25, -0.2) is 0 Å². The molecule has 0 saturated carbocycles. The minimum atomic E-state index is -0.394. The number of amides is 1. The van der Waals surface area contributed by atoms with E-state index in [2.05, 4.69) is 15.2 Å². The topological polar surface area (TPSA) is 82.5 Å². The summed E-state index contributed by atoms with van der Waals surface area (Å²) in [4.78, 5) is 23.5. The fourth-order valence-corrected chi connectivity index (χ4v) is 2.78. The molecule has 7 heteroatoms. The predicted octanol–water partition coefficient (Wildman–Crippen LogP) is 1.95. The Hall–Kier alpha value is -2.83. The third kappa shape index (κ3) is 3.73. The Balaban J connectivity index is 1.60. The highest BCUT2D eigenvalue weighted by Crippen LogP contribution is 2.35. The van der Waals surface area contributed by atoms with Gasteiger partial charge >= 0.3 is 5.97 Å². The number of nitrogens with one attached hydrogen (secondary N) is 1. The summed E-state index contributed by atoms with van der Waals surface area (Å²) in [6, 6.07) is 7.81. The lowest BCUT2D eigenvalue weighted by molar-refractivity contribution is -0.141. The molecule has 2 aromatic rings. The number of rotatable bonds is 5. The van der Waals surface area contributed by atoms with Crippen LogP contribution in [0.3, 0.4) is 0 Å². The Morgan fingerprint density at radius 3 is 3.08 bits per heavy atom. The van der Waals surface area contributed by atoms with Gasteiger partial charge < -0.3 is 14.8 Å². The van der Waals surface area contributed by atoms with E-state index in [1.54, 1.807) is 6.20 Å². The summed E-state index contributed by atoms with van der Waals surface area (Å²) in [5.41, 5.74) is 1.63. The fraction of sp³-hybridized carbons (Fsp3) is 0.353. The molecule has 7 nitrogen and oxygen atoms in total. The van der Waals surface area contributed by atoms with Crippen molar-refractivity contribution in [2.75, 3.05) is 19.0 Å². The number of anilines is 1. The second-order valence-corrected chi connectivity index (χ2v) is 5.63. The minimum absolute atomic E-state index is 0.0136. The maximum atomic E-state index is 12.3. The standard InChI is InChI=1S/C17H19N3O4/c1-23-17(22)11-20-10-13(9-18-20)19-16(21)8-12-6-7-24-15-5-3-2-4-14(12)15/h2-5,9-10,12H,6-8,11H2,1H3,(H,19,21)/t12-/m1/s1. The van der Waals surface area contributed by atoms with Crippen molar-refractivity contribution in [3.63, 3.8) is 0 Å². The summed E-state index contributed by atoms with van der Waals surface area (Å²) in [5.74, 6) is 0.511. The number of para-hydroxylation sites is 1. The lowest BCUT2D eigenvalue weighted by Gasteiger charge is -2.25. The molecule has 0 fully saturated rings. The van der Waals surface area contributed by atoms with E-state index in [1.165, 1.54) is 18.0 Å². The van der Waals surface area contributed by atoms with E-state index < -0.39 is 5.97 Å². The smallest absolute Gasteiger partial charge is 0.327 e. The van der Waals surface area contributed by atoms with Crippen molar-refractivity contribution in [1.82, 2.24) is 9.78 Å². The van der Waals surface area contributed by atoms with E-state index in [0.717, 1.165) is 17.7 Å². The summed E-state index contributed by atoms with van der Waals surface area (Å²) in [6.07, 6.45) is 4.31. The van der Waals surface area contributed by atoms with Gasteiger partial charge in [0.25, 0.3) is 0 Å². The molecule has 0 bridgehead atoms. The molecule has 1 aliphatic rings. The van der Waals surface area contributed by atoms with Crippen molar-refractivity contribution in [2.45, 2.75) is 25.3 Å². The monoisotopic (exact) mass is 329 g/mol. The van der Waals surface area contributed by atoms with Gasteiger partial charge in [-0.3, -0.25) is 14.3 Å². The van der Waals surface area contributed by atoms with Gasteiger partial charge in [0.15, 0.2) is 0 Å². The van der Waals surface area contributed by atoms with Crippen molar-refractivity contribution >= 4 is 17.6 Å². The molecule has 1 aromatic carbocycles. The Morgan fingerprint density at radius 1 is 1.42 bits per heavy atom. The molecule has 1 aliphatic heterocycles. The molecule has 1 aromatic heterocycles. The lowest BCUT2D eigenvalue weighted by atomic mass is 9.90. The zero-order valence-corrected chi connectivity index (χ0v) is 13.4. The fourth-order valence-electron chi connectivity index (χ4n) is 2.78. The van der Waals surface area contributed by atoms with Crippen LogP contribution in [0.5, 0.6) is 5.75 Å². The van der Waals surface area contributed by atoms with Crippen LogP contribution in [-0.4, -0.2) is 35.4 Å². The van der Waals surface area contributed by atoms with Crippen LogP contribution in [0.25, 0.3) is 0 Å². The van der Waals surface area contributed by atoms with E-state index in [-0.39, 0.29) is 18.4 Å². The number of hydrogen-bond acceptors (Lipinski definition) is 5. The summed E-state index contributed by atoms with van der Waals surface area (Å²) in [5, 5.41) is 6.84. The third-order valence-corrected chi connectivity index (χ3v) is 3.95. The summed E-state index contributed by atoms with van der Waals surface area (Å²) in [6.45, 7) is 0.631. The Morgan fingerprint density at radius 2 is 2.25 bits per heavy atom. The first-order valence-corrected chi connectivity index (χ1v) is 7.76. The first-order valence-electron chi connectivity index (χ1n) is 7.76. The molecular formula is C17H19N3O4. The van der Waals surface area contributed by atoms with Crippen LogP contribution in [0.1, 0.15) is 24.3 Å². The number of carbonyl (C=O) groups is 2. The second-order valence-electron chi connectivity index (χ2n) is 5.63. The molecule has 1 amide bonds. The van der Waals surface area contributed by atoms with E-state index in [0.29, 0.717) is 18.7 Å². The number of methoxy groups -OCH3 is 1. The number of fused-ring (bicyclic) bond motifs is 1. The average molecular weight is 329 g/mol. The van der Waals surface area contributed by atoms with E-state index in [9.17, 15) is 9.59 Å². The highest BCUT2D eigenvalue weighted by atomic mass is 16.5. The zero-order chi connectivity index (χ0) is 16.9. The first kappa shape index (κ1) is 16.0. The molecule has 0 aliphatic carbocycles. The largest absolute Gasteiger partial charge is 0.493 e. The molecule has 0 radical (unpaired) electrons. The van der Waals surface area contributed by atoms with Gasteiger partial charge in [0.2, 0.25) is 5.91 Å². The van der Waals surface area contributed by atoms with E-state index >= 15 is 0 Å². The molecule has 0 unspecified atom stereocenters.